The van der Waals surface area contributed by atoms with Crippen molar-refractivity contribution in [2.24, 2.45) is 0 Å². The van der Waals surface area contributed by atoms with E-state index in [0.717, 1.165) is 10.9 Å². The first-order valence-corrected chi connectivity index (χ1v) is 14.1. The maximum Gasteiger partial charge on any atom is 0.273 e. The van der Waals surface area contributed by atoms with Gasteiger partial charge in [0, 0.05) is 48.9 Å². The predicted molar refractivity (Wildman–Crippen MR) is 154 cm³/mol. The number of carbonyl (C=O) groups excluding carboxylic acids is 3. The fraction of sp³-hybridized carbons (Fsp3) is 0.467. The molecule has 0 radical (unpaired) electrons. The van der Waals surface area contributed by atoms with E-state index in [-0.39, 0.29) is 53.6 Å². The zero-order valence-electron chi connectivity index (χ0n) is 24.0. The van der Waals surface area contributed by atoms with Crippen molar-refractivity contribution in [2.45, 2.75) is 45.7 Å². The molecule has 2 aliphatic rings. The van der Waals surface area contributed by atoms with Gasteiger partial charge in [-0.1, -0.05) is 17.7 Å². The highest BCUT2D eigenvalue weighted by Gasteiger charge is 2.45. The minimum absolute atomic E-state index is 0.0261. The van der Waals surface area contributed by atoms with Crippen molar-refractivity contribution in [1.82, 2.24) is 24.3 Å². The number of carbonyl (C=O) groups is 3. The van der Waals surface area contributed by atoms with E-state index in [0.29, 0.717) is 37.5 Å². The zero-order valence-corrected chi connectivity index (χ0v) is 24.8. The van der Waals surface area contributed by atoms with Crippen LogP contribution in [0.3, 0.4) is 0 Å². The highest BCUT2D eigenvalue weighted by atomic mass is 35.5. The summed E-state index contributed by atoms with van der Waals surface area (Å²) < 4.78 is 21.6. The van der Waals surface area contributed by atoms with Gasteiger partial charge in [-0.05, 0) is 64.4 Å². The van der Waals surface area contributed by atoms with E-state index >= 15 is 0 Å². The number of amides is 3. The Morgan fingerprint density at radius 2 is 1.78 bits per heavy atom. The molecule has 0 aliphatic carbocycles. The van der Waals surface area contributed by atoms with Crippen LogP contribution in [0.5, 0.6) is 0 Å². The molecule has 2 aromatic heterocycles. The molecular weight excluding hydrogens is 549 g/mol. The number of piperazine rings is 1. The number of halogens is 2. The molecule has 0 atom stereocenters. The third-order valence-corrected chi connectivity index (χ3v) is 8.14. The summed E-state index contributed by atoms with van der Waals surface area (Å²) in [7, 11) is 0. The fourth-order valence-corrected chi connectivity index (χ4v) is 5.57. The monoisotopic (exact) mass is 583 g/mol. The van der Waals surface area contributed by atoms with Crippen molar-refractivity contribution in [3.63, 3.8) is 0 Å². The van der Waals surface area contributed by atoms with Crippen molar-refractivity contribution in [2.75, 3.05) is 45.9 Å². The first-order chi connectivity index (χ1) is 19.3. The molecule has 11 heteroatoms. The van der Waals surface area contributed by atoms with Gasteiger partial charge in [-0.2, -0.15) is 0 Å². The van der Waals surface area contributed by atoms with E-state index in [1.165, 1.54) is 21.9 Å². The van der Waals surface area contributed by atoms with Crippen LogP contribution < -0.4 is 0 Å². The zero-order chi connectivity index (χ0) is 29.7. The lowest BCUT2D eigenvalue weighted by atomic mass is 9.96. The van der Waals surface area contributed by atoms with E-state index in [2.05, 4.69) is 0 Å². The number of rotatable bonds is 4. The van der Waals surface area contributed by atoms with Gasteiger partial charge < -0.3 is 24.0 Å². The minimum atomic E-state index is -1.17. The number of hydrogen-bond acceptors (Lipinski definition) is 5. The Labute approximate surface area is 243 Å². The van der Waals surface area contributed by atoms with Crippen LogP contribution in [0.15, 0.2) is 36.5 Å². The number of aromatic nitrogens is 2. The molecule has 1 aromatic carbocycles. The summed E-state index contributed by atoms with van der Waals surface area (Å²) in [5.74, 6) is -1.29. The topological polar surface area (TPSA) is 88.0 Å². The Morgan fingerprint density at radius 3 is 2.44 bits per heavy atom. The molecule has 4 heterocycles. The minimum Gasteiger partial charge on any atom is -0.378 e. The molecule has 9 nitrogen and oxygen atoms in total. The van der Waals surface area contributed by atoms with Gasteiger partial charge in [-0.3, -0.25) is 14.4 Å². The van der Waals surface area contributed by atoms with Crippen LogP contribution in [0.25, 0.3) is 22.2 Å². The second-order valence-corrected chi connectivity index (χ2v) is 12.4. The van der Waals surface area contributed by atoms with Gasteiger partial charge >= 0.3 is 0 Å². The Morgan fingerprint density at radius 1 is 1.07 bits per heavy atom. The van der Waals surface area contributed by atoms with Gasteiger partial charge in [0.1, 0.15) is 22.7 Å². The molecule has 0 saturated carbocycles. The molecule has 41 heavy (non-hydrogen) atoms. The van der Waals surface area contributed by atoms with Crippen molar-refractivity contribution in [3.05, 3.63) is 53.1 Å². The first kappa shape index (κ1) is 29.0. The SMILES string of the molecule is CC1(C)C(=O)N(CC(=O)N2CCOCC2)CCN1C(=O)c1ccc2c(-c3ccc(Cl)c(F)c3)cn(C(C)(C)C)c2n1. The quantitative estimate of drug-likeness (QED) is 0.460. The molecule has 5 rings (SSSR count). The molecule has 2 saturated heterocycles. The van der Waals surface area contributed by atoms with Crippen LogP contribution in [0.2, 0.25) is 5.02 Å². The smallest absolute Gasteiger partial charge is 0.273 e. The molecule has 2 fully saturated rings. The molecule has 218 valence electrons. The molecule has 3 aromatic rings. The van der Waals surface area contributed by atoms with Gasteiger partial charge in [-0.15, -0.1) is 0 Å². The second-order valence-electron chi connectivity index (χ2n) is 12.0. The number of pyridine rings is 1. The van der Waals surface area contributed by atoms with Gasteiger partial charge in [-0.25, -0.2) is 9.37 Å². The van der Waals surface area contributed by atoms with Crippen LogP contribution in [-0.4, -0.2) is 93.4 Å². The molecule has 0 spiro atoms. The molecule has 0 N–H and O–H groups in total. The average Bonchev–Trinajstić information content (AvgIpc) is 3.32. The first-order valence-electron chi connectivity index (χ1n) is 13.7. The Kier molecular flexibility index (Phi) is 7.59. The number of fused-ring (bicyclic) bond motifs is 1. The Hall–Kier alpha value is -3.50. The van der Waals surface area contributed by atoms with Crippen molar-refractivity contribution in [1.29, 1.82) is 0 Å². The average molecular weight is 584 g/mol. The van der Waals surface area contributed by atoms with Gasteiger partial charge in [0.2, 0.25) is 11.8 Å². The van der Waals surface area contributed by atoms with Gasteiger partial charge in [0.15, 0.2) is 0 Å². The van der Waals surface area contributed by atoms with E-state index < -0.39 is 11.4 Å². The lowest BCUT2D eigenvalue weighted by Gasteiger charge is -2.45. The van der Waals surface area contributed by atoms with Gasteiger partial charge in [0.25, 0.3) is 5.91 Å². The molecule has 0 bridgehead atoms. The fourth-order valence-electron chi connectivity index (χ4n) is 5.45. The van der Waals surface area contributed by atoms with Crippen LogP contribution in [0.4, 0.5) is 4.39 Å². The summed E-state index contributed by atoms with van der Waals surface area (Å²) in [5.41, 5.74) is 0.641. The van der Waals surface area contributed by atoms with Gasteiger partial charge in [0.05, 0.1) is 24.8 Å². The number of hydrogen-bond donors (Lipinski definition) is 0. The lowest BCUT2D eigenvalue weighted by Crippen LogP contribution is -2.65. The third-order valence-electron chi connectivity index (χ3n) is 7.84. The van der Waals surface area contributed by atoms with Crippen molar-refractivity contribution < 1.29 is 23.5 Å². The van der Waals surface area contributed by atoms with Crippen LogP contribution in [0.1, 0.15) is 45.1 Å². The van der Waals surface area contributed by atoms with E-state index in [1.807, 2.05) is 37.6 Å². The number of benzene rings is 1. The highest BCUT2D eigenvalue weighted by molar-refractivity contribution is 6.30. The maximum absolute atomic E-state index is 14.3. The Bertz CT molecular complexity index is 1520. The normalized spacial score (nSPS) is 17.8. The second kappa shape index (κ2) is 10.7. The van der Waals surface area contributed by atoms with E-state index in [4.69, 9.17) is 21.3 Å². The van der Waals surface area contributed by atoms with Crippen molar-refractivity contribution in [3.8, 4) is 11.1 Å². The summed E-state index contributed by atoms with van der Waals surface area (Å²) in [4.78, 5) is 49.7. The van der Waals surface area contributed by atoms with Crippen LogP contribution in [-0.2, 0) is 19.9 Å². The largest absolute Gasteiger partial charge is 0.378 e. The standard InChI is InChI=1S/C30H35ClFN5O4/c1-29(2,3)37-17-21(19-6-8-22(31)23(32)16-19)20-7-9-24(33-26(20)37)27(39)36-11-10-35(28(40)30(36,4)5)18-25(38)34-12-14-41-15-13-34/h6-9,16-17H,10-15,18H2,1-5H3. The Balaban J connectivity index is 1.43. The summed E-state index contributed by atoms with van der Waals surface area (Å²) in [6.45, 7) is 11.9. The summed E-state index contributed by atoms with van der Waals surface area (Å²) in [6.07, 6.45) is 1.91. The number of ether oxygens (including phenoxy) is 1. The maximum atomic E-state index is 14.3. The summed E-state index contributed by atoms with van der Waals surface area (Å²) >= 11 is 5.91. The third kappa shape index (κ3) is 5.42. The van der Waals surface area contributed by atoms with Crippen LogP contribution >= 0.6 is 11.6 Å². The van der Waals surface area contributed by atoms with Crippen molar-refractivity contribution >= 4 is 40.4 Å². The summed E-state index contributed by atoms with van der Waals surface area (Å²) in [6, 6.07) is 8.11. The van der Waals surface area contributed by atoms with E-state index in [9.17, 15) is 18.8 Å². The highest BCUT2D eigenvalue weighted by Crippen LogP contribution is 2.35. The summed E-state index contributed by atoms with van der Waals surface area (Å²) in [5, 5.41) is 0.807. The lowest BCUT2D eigenvalue weighted by molar-refractivity contribution is -0.152. The molecule has 3 amide bonds. The number of nitrogens with zero attached hydrogens (tertiary/aromatic N) is 5. The van der Waals surface area contributed by atoms with Crippen LogP contribution in [0, 0.1) is 5.82 Å². The van der Waals surface area contributed by atoms with E-state index in [1.54, 1.807) is 30.9 Å². The molecular formula is C30H35ClFN5O4. The molecule has 2 aliphatic heterocycles. The molecule has 0 unspecified atom stereocenters. The number of morpholine rings is 1. The predicted octanol–water partition coefficient (Wildman–Crippen LogP) is 4.17.